The number of carboxylic acids is 1. The number of aromatic carboxylic acids is 1. The van der Waals surface area contributed by atoms with Crippen LogP contribution in [0.5, 0.6) is 5.75 Å². The predicted molar refractivity (Wildman–Crippen MR) is 60.2 cm³/mol. The third kappa shape index (κ3) is 2.13. The van der Waals surface area contributed by atoms with Gasteiger partial charge in [0.15, 0.2) is 5.89 Å². The Bertz CT molecular complexity index is 559. The van der Waals surface area contributed by atoms with E-state index < -0.39 is 5.97 Å². The van der Waals surface area contributed by atoms with Gasteiger partial charge in [0, 0.05) is 12.5 Å². The Morgan fingerprint density at radius 2 is 2.24 bits per heavy atom. The lowest BCUT2D eigenvalue weighted by Gasteiger charge is -2.02. The number of rotatable bonds is 3. The highest BCUT2D eigenvalue weighted by molar-refractivity contribution is 5.91. The van der Waals surface area contributed by atoms with Gasteiger partial charge < -0.3 is 14.3 Å². The van der Waals surface area contributed by atoms with Gasteiger partial charge in [-0.3, -0.25) is 0 Å². The second kappa shape index (κ2) is 4.29. The largest absolute Gasteiger partial charge is 0.497 e. The van der Waals surface area contributed by atoms with E-state index in [9.17, 15) is 4.79 Å². The normalized spacial score (nSPS) is 10.2. The lowest BCUT2D eigenvalue weighted by atomic mass is 10.1. The second-order valence-electron chi connectivity index (χ2n) is 3.45. The summed E-state index contributed by atoms with van der Waals surface area (Å²) in [5.41, 5.74) is 0.965. The van der Waals surface area contributed by atoms with E-state index >= 15 is 0 Å². The van der Waals surface area contributed by atoms with E-state index in [4.69, 9.17) is 14.3 Å². The summed E-state index contributed by atoms with van der Waals surface area (Å²) in [5, 5.41) is 9.00. The fourth-order valence-electron chi connectivity index (χ4n) is 1.54. The Hall–Kier alpha value is -2.30. The number of methoxy groups -OCH3 is 1. The SMILES string of the molecule is COc1cccc(-c2nc(C)oc2C(=O)O)c1. The first-order valence-corrected chi connectivity index (χ1v) is 4.97. The van der Waals surface area contributed by atoms with Crippen molar-refractivity contribution in [3.05, 3.63) is 35.9 Å². The molecule has 0 unspecified atom stereocenters. The van der Waals surface area contributed by atoms with E-state index in [0.717, 1.165) is 0 Å². The van der Waals surface area contributed by atoms with E-state index in [1.807, 2.05) is 0 Å². The van der Waals surface area contributed by atoms with Gasteiger partial charge in [-0.15, -0.1) is 0 Å². The summed E-state index contributed by atoms with van der Waals surface area (Å²) in [4.78, 5) is 15.1. The number of benzene rings is 1. The minimum atomic E-state index is -1.14. The van der Waals surface area contributed by atoms with Gasteiger partial charge in [-0.1, -0.05) is 12.1 Å². The molecule has 0 aliphatic heterocycles. The average Bonchev–Trinajstić information content (AvgIpc) is 2.72. The van der Waals surface area contributed by atoms with E-state index in [1.54, 1.807) is 38.3 Å². The topological polar surface area (TPSA) is 72.6 Å². The van der Waals surface area contributed by atoms with Crippen LogP contribution in [0.2, 0.25) is 0 Å². The molecular weight excluding hydrogens is 222 g/mol. The van der Waals surface area contributed by atoms with Gasteiger partial charge in [0.2, 0.25) is 5.76 Å². The first-order chi connectivity index (χ1) is 8.11. The number of hydrogen-bond acceptors (Lipinski definition) is 4. The van der Waals surface area contributed by atoms with Crippen LogP contribution in [-0.4, -0.2) is 23.2 Å². The molecule has 1 N–H and O–H groups in total. The Balaban J connectivity index is 2.55. The number of nitrogens with zero attached hydrogens (tertiary/aromatic N) is 1. The van der Waals surface area contributed by atoms with Crippen LogP contribution in [0.1, 0.15) is 16.4 Å². The third-order valence-corrected chi connectivity index (χ3v) is 2.27. The van der Waals surface area contributed by atoms with E-state index in [0.29, 0.717) is 22.9 Å². The number of carboxylic acid groups (broad SMARTS) is 1. The molecule has 0 spiro atoms. The molecule has 0 atom stereocenters. The maximum absolute atomic E-state index is 11.0. The first-order valence-electron chi connectivity index (χ1n) is 4.97. The number of ether oxygens (including phenoxy) is 1. The molecule has 0 fully saturated rings. The predicted octanol–water partition coefficient (Wildman–Crippen LogP) is 2.36. The van der Waals surface area contributed by atoms with Crippen LogP contribution in [0, 0.1) is 6.92 Å². The lowest BCUT2D eigenvalue weighted by molar-refractivity contribution is 0.0662. The molecule has 1 aromatic carbocycles. The number of aryl methyl sites for hydroxylation is 1. The number of hydrogen-bond donors (Lipinski definition) is 1. The number of aromatic nitrogens is 1. The van der Waals surface area contributed by atoms with Crippen molar-refractivity contribution < 1.29 is 19.1 Å². The monoisotopic (exact) mass is 233 g/mol. The molecule has 0 bridgehead atoms. The molecule has 0 aliphatic rings. The van der Waals surface area contributed by atoms with Crippen molar-refractivity contribution in [2.75, 3.05) is 7.11 Å². The summed E-state index contributed by atoms with van der Waals surface area (Å²) >= 11 is 0. The highest BCUT2D eigenvalue weighted by Gasteiger charge is 2.19. The summed E-state index contributed by atoms with van der Waals surface area (Å²) in [5.74, 6) is -0.334. The Morgan fingerprint density at radius 1 is 1.47 bits per heavy atom. The third-order valence-electron chi connectivity index (χ3n) is 2.27. The summed E-state index contributed by atoms with van der Waals surface area (Å²) in [7, 11) is 1.55. The Labute approximate surface area is 97.7 Å². The molecular formula is C12H11NO4. The zero-order valence-electron chi connectivity index (χ0n) is 9.43. The Kier molecular flexibility index (Phi) is 2.82. The Morgan fingerprint density at radius 3 is 2.88 bits per heavy atom. The molecule has 5 nitrogen and oxygen atoms in total. The zero-order valence-corrected chi connectivity index (χ0v) is 9.43. The van der Waals surface area contributed by atoms with Crippen LogP contribution in [0.3, 0.4) is 0 Å². The van der Waals surface area contributed by atoms with Gasteiger partial charge in [-0.2, -0.15) is 0 Å². The molecule has 5 heteroatoms. The molecule has 0 saturated carbocycles. The van der Waals surface area contributed by atoms with Crippen molar-refractivity contribution in [1.29, 1.82) is 0 Å². The molecule has 88 valence electrons. The van der Waals surface area contributed by atoms with Crippen molar-refractivity contribution in [3.8, 4) is 17.0 Å². The second-order valence-corrected chi connectivity index (χ2v) is 3.45. The molecule has 2 aromatic rings. The summed E-state index contributed by atoms with van der Waals surface area (Å²) in [6.07, 6.45) is 0. The molecule has 0 saturated heterocycles. The fraction of sp³-hybridized carbons (Fsp3) is 0.167. The molecule has 0 radical (unpaired) electrons. The van der Waals surface area contributed by atoms with Crippen molar-refractivity contribution in [2.45, 2.75) is 6.92 Å². The zero-order chi connectivity index (χ0) is 12.4. The van der Waals surface area contributed by atoms with E-state index in [2.05, 4.69) is 4.98 Å². The smallest absolute Gasteiger partial charge is 0.374 e. The van der Waals surface area contributed by atoms with Gasteiger partial charge in [0.25, 0.3) is 0 Å². The van der Waals surface area contributed by atoms with Gasteiger partial charge >= 0.3 is 5.97 Å². The van der Waals surface area contributed by atoms with Gasteiger partial charge in [0.05, 0.1) is 7.11 Å². The quantitative estimate of drug-likeness (QED) is 0.880. The fourth-order valence-corrected chi connectivity index (χ4v) is 1.54. The summed E-state index contributed by atoms with van der Waals surface area (Å²) in [6.45, 7) is 1.61. The van der Waals surface area contributed by atoms with Crippen molar-refractivity contribution >= 4 is 5.97 Å². The van der Waals surface area contributed by atoms with E-state index in [-0.39, 0.29) is 5.76 Å². The van der Waals surface area contributed by atoms with Crippen LogP contribution >= 0.6 is 0 Å². The van der Waals surface area contributed by atoms with Crippen LogP contribution in [0.4, 0.5) is 0 Å². The van der Waals surface area contributed by atoms with Crippen LogP contribution in [0.25, 0.3) is 11.3 Å². The standard InChI is InChI=1S/C12H11NO4/c1-7-13-10(11(17-7)12(14)15)8-4-3-5-9(6-8)16-2/h3-6H,1-2H3,(H,14,15). The minimum absolute atomic E-state index is 0.157. The summed E-state index contributed by atoms with van der Waals surface area (Å²) < 4.78 is 10.1. The first kappa shape index (κ1) is 11.2. The van der Waals surface area contributed by atoms with Crippen LogP contribution in [0.15, 0.2) is 28.7 Å². The van der Waals surface area contributed by atoms with Crippen LogP contribution < -0.4 is 4.74 Å². The number of oxazole rings is 1. The van der Waals surface area contributed by atoms with Gasteiger partial charge in [0.1, 0.15) is 11.4 Å². The highest BCUT2D eigenvalue weighted by Crippen LogP contribution is 2.26. The average molecular weight is 233 g/mol. The highest BCUT2D eigenvalue weighted by atomic mass is 16.5. The van der Waals surface area contributed by atoms with Crippen molar-refractivity contribution in [2.24, 2.45) is 0 Å². The van der Waals surface area contributed by atoms with Crippen LogP contribution in [-0.2, 0) is 0 Å². The maximum atomic E-state index is 11.0. The molecule has 1 aromatic heterocycles. The lowest BCUT2D eigenvalue weighted by Crippen LogP contribution is -1.96. The molecule has 0 aliphatic carbocycles. The number of carbonyl (C=O) groups is 1. The maximum Gasteiger partial charge on any atom is 0.374 e. The molecule has 17 heavy (non-hydrogen) atoms. The van der Waals surface area contributed by atoms with Crippen molar-refractivity contribution in [1.82, 2.24) is 4.98 Å². The summed E-state index contributed by atoms with van der Waals surface area (Å²) in [6, 6.07) is 7.01. The van der Waals surface area contributed by atoms with Crippen molar-refractivity contribution in [3.63, 3.8) is 0 Å². The van der Waals surface area contributed by atoms with Gasteiger partial charge in [-0.05, 0) is 12.1 Å². The molecule has 1 heterocycles. The van der Waals surface area contributed by atoms with E-state index in [1.165, 1.54) is 0 Å². The molecule has 2 rings (SSSR count). The van der Waals surface area contributed by atoms with Gasteiger partial charge in [-0.25, -0.2) is 9.78 Å². The molecule has 0 amide bonds. The minimum Gasteiger partial charge on any atom is -0.497 e.